The Kier molecular flexibility index (Phi) is 8.33. The normalized spacial score (nSPS) is 32.9. The lowest BCUT2D eigenvalue weighted by Gasteiger charge is -2.45. The number of amides is 1. The molecule has 1 fully saturated rings. The molecule has 1 saturated carbocycles. The van der Waals surface area contributed by atoms with Gasteiger partial charge in [0.2, 0.25) is 10.0 Å². The minimum Gasteiger partial charge on any atom is -0.490 e. The molecule has 232 valence electrons. The van der Waals surface area contributed by atoms with Crippen LogP contribution in [0.5, 0.6) is 5.75 Å². The van der Waals surface area contributed by atoms with E-state index in [-0.39, 0.29) is 34.7 Å². The maximum Gasteiger partial charge on any atom is 0.264 e. The monoisotopic (exact) mass is 626 g/mol. The van der Waals surface area contributed by atoms with Gasteiger partial charge in [-0.1, -0.05) is 50.6 Å². The van der Waals surface area contributed by atoms with Gasteiger partial charge >= 0.3 is 0 Å². The second kappa shape index (κ2) is 11.8. The van der Waals surface area contributed by atoms with Crippen LogP contribution >= 0.6 is 11.6 Å². The molecule has 6 rings (SSSR count). The van der Waals surface area contributed by atoms with Crippen LogP contribution in [0.15, 0.2) is 48.6 Å². The molecule has 2 aliphatic heterocycles. The van der Waals surface area contributed by atoms with Crippen molar-refractivity contribution in [1.29, 1.82) is 0 Å². The zero-order chi connectivity index (χ0) is 30.5. The van der Waals surface area contributed by atoms with Crippen molar-refractivity contribution in [2.45, 2.75) is 76.1 Å². The molecule has 6 atom stereocenters. The van der Waals surface area contributed by atoms with Gasteiger partial charge in [-0.05, 0) is 104 Å². The molecule has 43 heavy (non-hydrogen) atoms. The number of fused-ring (bicyclic) bond motifs is 4. The van der Waals surface area contributed by atoms with Gasteiger partial charge in [0.25, 0.3) is 5.91 Å². The predicted molar refractivity (Wildman–Crippen MR) is 170 cm³/mol. The molecule has 1 spiro atoms. The van der Waals surface area contributed by atoms with Crippen LogP contribution in [0.25, 0.3) is 0 Å². The summed E-state index contributed by atoms with van der Waals surface area (Å²) in [5.74, 6) is 0.0209. The zero-order valence-electron chi connectivity index (χ0n) is 25.3. The van der Waals surface area contributed by atoms with Gasteiger partial charge in [-0.3, -0.25) is 4.79 Å². The number of carbonyl (C=O) groups is 1. The molecule has 2 aliphatic carbocycles. The van der Waals surface area contributed by atoms with Crippen LogP contribution in [-0.4, -0.2) is 50.5 Å². The number of allylic oxidation sites excluding steroid dienone is 1. The smallest absolute Gasteiger partial charge is 0.264 e. The molecule has 1 amide bonds. The van der Waals surface area contributed by atoms with Gasteiger partial charge in [0.15, 0.2) is 0 Å². The van der Waals surface area contributed by atoms with E-state index < -0.39 is 27.3 Å². The average Bonchev–Trinajstić information content (AvgIpc) is 3.07. The number of ether oxygens (including phenoxy) is 1. The van der Waals surface area contributed by atoms with Gasteiger partial charge < -0.3 is 14.7 Å². The SMILES string of the molecule is CC(C)[C@@H]1[C@@H](C)C/C=C/[C@H](O)[C@@H]2CC[C@H]2CN2C[C@@]3(CCCc4cc(Cl)ccc43)COc3ccc(cc32)C(=O)NS1(=O)=O. The summed E-state index contributed by atoms with van der Waals surface area (Å²) in [6.07, 6.45) is 8.61. The number of nitrogens with zero attached hydrogens (tertiary/aromatic N) is 1. The molecule has 0 unspecified atom stereocenters. The van der Waals surface area contributed by atoms with Crippen LogP contribution in [0.3, 0.4) is 0 Å². The number of halogens is 1. The van der Waals surface area contributed by atoms with Crippen molar-refractivity contribution in [1.82, 2.24) is 4.72 Å². The number of rotatable bonds is 1. The highest BCUT2D eigenvalue weighted by molar-refractivity contribution is 7.90. The van der Waals surface area contributed by atoms with E-state index in [4.69, 9.17) is 16.3 Å². The zero-order valence-corrected chi connectivity index (χ0v) is 26.8. The fraction of sp³-hybridized carbons (Fsp3) is 0.559. The Bertz CT molecular complexity index is 1520. The summed E-state index contributed by atoms with van der Waals surface area (Å²) in [5, 5.41) is 11.2. The summed E-state index contributed by atoms with van der Waals surface area (Å²) in [4.78, 5) is 15.9. The first-order valence-corrected chi connectivity index (χ1v) is 17.6. The Balaban J connectivity index is 1.43. The van der Waals surface area contributed by atoms with Crippen LogP contribution in [0, 0.1) is 23.7 Å². The summed E-state index contributed by atoms with van der Waals surface area (Å²) in [5.41, 5.74) is 3.33. The number of hydrogen-bond donors (Lipinski definition) is 2. The molecule has 9 heteroatoms. The molecule has 7 nitrogen and oxygen atoms in total. The third kappa shape index (κ3) is 5.83. The average molecular weight is 627 g/mol. The van der Waals surface area contributed by atoms with E-state index in [9.17, 15) is 18.3 Å². The number of aliphatic hydroxyl groups excluding tert-OH is 1. The maximum atomic E-state index is 13.6. The fourth-order valence-electron chi connectivity index (χ4n) is 8.10. The van der Waals surface area contributed by atoms with Gasteiger partial charge in [0.05, 0.1) is 23.6 Å². The number of aliphatic hydroxyl groups is 1. The molecule has 2 aromatic carbocycles. The summed E-state index contributed by atoms with van der Waals surface area (Å²) in [7, 11) is -3.97. The lowest BCUT2D eigenvalue weighted by molar-refractivity contribution is 0.0455. The van der Waals surface area contributed by atoms with E-state index in [1.165, 1.54) is 11.1 Å². The molecule has 2 N–H and O–H groups in total. The fourth-order valence-corrected chi connectivity index (χ4v) is 10.2. The Morgan fingerprint density at radius 2 is 1.98 bits per heavy atom. The number of anilines is 1. The van der Waals surface area contributed by atoms with E-state index in [0.717, 1.165) is 42.8 Å². The van der Waals surface area contributed by atoms with Gasteiger partial charge in [-0.25, -0.2) is 13.1 Å². The standard InChI is InChI=1S/C34H43ClN2O5S/c1-21(2)32-22(3)6-4-8-30(38)27-12-9-25(27)18-37-19-34(15-5-7-23-16-26(35)11-13-28(23)34)20-42-31-14-10-24(17-29(31)37)33(39)36-43(32,40)41/h4,8,10-11,13-14,16-17,21-22,25,27,30,32,38H,5-7,9,12,15,18-20H2,1-3H3,(H,36,39)/b8-4+/t22-,25-,27+,30-,32+,34-/m0/s1. The third-order valence-corrected chi connectivity index (χ3v) is 12.8. The highest BCUT2D eigenvalue weighted by atomic mass is 35.5. The van der Waals surface area contributed by atoms with Crippen molar-refractivity contribution >= 4 is 33.2 Å². The van der Waals surface area contributed by atoms with E-state index >= 15 is 0 Å². The summed E-state index contributed by atoms with van der Waals surface area (Å²) >= 11 is 6.39. The summed E-state index contributed by atoms with van der Waals surface area (Å²) in [6, 6.07) is 11.4. The largest absolute Gasteiger partial charge is 0.490 e. The molecular formula is C34H43ClN2O5S. The van der Waals surface area contributed by atoms with Crippen LogP contribution in [0.4, 0.5) is 5.69 Å². The molecule has 0 saturated heterocycles. The minimum atomic E-state index is -3.97. The second-order valence-corrected chi connectivity index (χ2v) is 15.9. The first kappa shape index (κ1) is 30.5. The molecule has 0 aromatic heterocycles. The molecular weight excluding hydrogens is 584 g/mol. The molecule has 2 bridgehead atoms. The minimum absolute atomic E-state index is 0.122. The molecule has 2 heterocycles. The van der Waals surface area contributed by atoms with Crippen molar-refractivity contribution in [3.05, 3.63) is 70.3 Å². The maximum absolute atomic E-state index is 13.6. The Hall–Kier alpha value is -2.55. The van der Waals surface area contributed by atoms with E-state index in [0.29, 0.717) is 31.9 Å². The number of carbonyl (C=O) groups excluding carboxylic acids is 1. The third-order valence-electron chi connectivity index (χ3n) is 10.3. The first-order valence-electron chi connectivity index (χ1n) is 15.7. The summed E-state index contributed by atoms with van der Waals surface area (Å²) in [6.45, 7) is 7.53. The highest BCUT2D eigenvalue weighted by Crippen LogP contribution is 2.46. The number of sulfonamides is 1. The van der Waals surface area contributed by atoms with Crippen LogP contribution < -0.4 is 14.4 Å². The van der Waals surface area contributed by atoms with E-state index in [2.05, 4.69) is 21.8 Å². The predicted octanol–water partition coefficient (Wildman–Crippen LogP) is 5.88. The number of aryl methyl sites for hydroxylation is 1. The van der Waals surface area contributed by atoms with E-state index in [1.54, 1.807) is 18.2 Å². The Morgan fingerprint density at radius 1 is 1.16 bits per heavy atom. The van der Waals surface area contributed by atoms with Gasteiger partial charge in [-0.15, -0.1) is 0 Å². The van der Waals surface area contributed by atoms with Crippen molar-refractivity contribution in [2.24, 2.45) is 23.7 Å². The van der Waals surface area contributed by atoms with Crippen molar-refractivity contribution < 1.29 is 23.1 Å². The molecule has 4 aliphatic rings. The van der Waals surface area contributed by atoms with Crippen molar-refractivity contribution in [3.63, 3.8) is 0 Å². The van der Waals surface area contributed by atoms with E-state index in [1.807, 2.05) is 39.0 Å². The lowest BCUT2D eigenvalue weighted by atomic mass is 9.68. The van der Waals surface area contributed by atoms with Gasteiger partial charge in [0.1, 0.15) is 5.75 Å². The highest BCUT2D eigenvalue weighted by Gasteiger charge is 2.44. The Labute approximate surface area is 260 Å². The quantitative estimate of drug-likeness (QED) is 0.384. The topological polar surface area (TPSA) is 95.9 Å². The molecule has 2 aromatic rings. The molecule has 0 radical (unpaired) electrons. The van der Waals surface area contributed by atoms with Crippen molar-refractivity contribution in [2.75, 3.05) is 24.6 Å². The first-order chi connectivity index (χ1) is 20.5. The summed E-state index contributed by atoms with van der Waals surface area (Å²) < 4.78 is 36.1. The van der Waals surface area contributed by atoms with Gasteiger partial charge in [-0.2, -0.15) is 0 Å². The van der Waals surface area contributed by atoms with Gasteiger partial charge in [0, 0.05) is 29.1 Å². The lowest BCUT2D eigenvalue weighted by Crippen LogP contribution is -2.49. The van der Waals surface area contributed by atoms with Crippen LogP contribution in [0.2, 0.25) is 5.02 Å². The second-order valence-electron chi connectivity index (χ2n) is 13.6. The Morgan fingerprint density at radius 3 is 2.72 bits per heavy atom. The van der Waals surface area contributed by atoms with Crippen LogP contribution in [0.1, 0.15) is 74.4 Å². The van der Waals surface area contributed by atoms with Crippen molar-refractivity contribution in [3.8, 4) is 5.75 Å². The van der Waals surface area contributed by atoms with Crippen LogP contribution in [-0.2, 0) is 21.9 Å². The number of nitrogens with one attached hydrogen (secondary N) is 1. The number of hydrogen-bond acceptors (Lipinski definition) is 6. The number of benzene rings is 2.